The van der Waals surface area contributed by atoms with Crippen molar-refractivity contribution in [1.82, 2.24) is 5.32 Å². The lowest BCUT2D eigenvalue weighted by Crippen LogP contribution is -2.22. The Balaban J connectivity index is 3.08. The number of unbranched alkanes of at least 4 members (excludes halogenated alkanes) is 8. The normalized spacial score (nSPS) is 11.0. The van der Waals surface area contributed by atoms with E-state index in [1.807, 2.05) is 0 Å². The molecule has 0 aromatic heterocycles. The maximum atomic E-state index is 11.1. The quantitative estimate of drug-likeness (QED) is 0.239. The van der Waals surface area contributed by atoms with Gasteiger partial charge in [0.25, 0.3) is 0 Å². The van der Waals surface area contributed by atoms with E-state index in [4.69, 9.17) is 4.74 Å². The summed E-state index contributed by atoms with van der Waals surface area (Å²) in [5, 5.41) is 3.31. The molecule has 0 unspecified atom stereocenters. The third-order valence-corrected chi connectivity index (χ3v) is 4.00. The molecule has 0 spiro atoms. The van der Waals surface area contributed by atoms with Crippen LogP contribution in [0.25, 0.3) is 0 Å². The number of rotatable bonds is 16. The van der Waals surface area contributed by atoms with Crippen LogP contribution < -0.4 is 5.32 Å². The van der Waals surface area contributed by atoms with Crippen molar-refractivity contribution in [1.29, 1.82) is 0 Å². The molecule has 0 aliphatic rings. The summed E-state index contributed by atoms with van der Waals surface area (Å²) in [4.78, 5) is 11.1. The Kier molecular flexibility index (Phi) is 15.5. The van der Waals surface area contributed by atoms with Crippen LogP contribution in [0.3, 0.4) is 0 Å². The van der Waals surface area contributed by atoms with E-state index in [2.05, 4.69) is 25.7 Å². The summed E-state index contributed by atoms with van der Waals surface area (Å²) in [7, 11) is 0. The minimum absolute atomic E-state index is 0.295. The first-order chi connectivity index (χ1) is 11.0. The molecule has 0 aliphatic heterocycles. The van der Waals surface area contributed by atoms with Crippen molar-refractivity contribution >= 4 is 5.97 Å². The zero-order chi connectivity index (χ0) is 17.3. The largest absolute Gasteiger partial charge is 0.461 e. The molecule has 0 aromatic carbocycles. The molecule has 0 bridgehead atoms. The fraction of sp³-hybridized carbons (Fsp3) is 0.850. The lowest BCUT2D eigenvalue weighted by molar-refractivity contribution is -0.138. The lowest BCUT2D eigenvalue weighted by atomic mass is 10.0. The van der Waals surface area contributed by atoms with Gasteiger partial charge in [0.15, 0.2) is 0 Å². The second-order valence-corrected chi connectivity index (χ2v) is 7.03. The van der Waals surface area contributed by atoms with Crippen molar-refractivity contribution in [2.75, 3.05) is 19.7 Å². The van der Waals surface area contributed by atoms with Crippen molar-refractivity contribution in [3.8, 4) is 0 Å². The molecule has 0 radical (unpaired) electrons. The molecule has 136 valence electrons. The first-order valence-corrected chi connectivity index (χ1v) is 9.57. The molecule has 0 aliphatic carbocycles. The van der Waals surface area contributed by atoms with Gasteiger partial charge in [0.05, 0.1) is 0 Å². The molecule has 0 rings (SSSR count). The molecule has 3 heteroatoms. The smallest absolute Gasteiger partial charge is 0.333 e. The number of ether oxygens (including phenoxy) is 1. The average molecular weight is 326 g/mol. The van der Waals surface area contributed by atoms with Gasteiger partial charge in [-0.1, -0.05) is 78.2 Å². The van der Waals surface area contributed by atoms with Gasteiger partial charge in [0, 0.05) is 12.1 Å². The highest BCUT2D eigenvalue weighted by Crippen LogP contribution is 2.12. The van der Waals surface area contributed by atoms with Crippen LogP contribution in [0.1, 0.15) is 85.0 Å². The van der Waals surface area contributed by atoms with Gasteiger partial charge in [0.1, 0.15) is 6.61 Å². The second-order valence-electron chi connectivity index (χ2n) is 7.03. The molecule has 0 atom stereocenters. The molecule has 0 saturated heterocycles. The van der Waals surface area contributed by atoms with Gasteiger partial charge in [-0.2, -0.15) is 0 Å². The van der Waals surface area contributed by atoms with Crippen LogP contribution in [-0.2, 0) is 9.53 Å². The standard InChI is InChI=1S/C20H39NO2/c1-18(2)14-12-10-8-6-5-7-9-11-13-15-21-16-17-23-20(22)19(3)4/h18,21H,3,5-17H2,1-2,4H3. The van der Waals surface area contributed by atoms with Gasteiger partial charge in [0.2, 0.25) is 0 Å². The average Bonchev–Trinajstić information content (AvgIpc) is 2.50. The van der Waals surface area contributed by atoms with Crippen LogP contribution in [0, 0.1) is 5.92 Å². The first kappa shape index (κ1) is 22.2. The van der Waals surface area contributed by atoms with Crippen LogP contribution in [-0.4, -0.2) is 25.7 Å². The summed E-state index contributed by atoms with van der Waals surface area (Å²) < 4.78 is 5.02. The molecule has 23 heavy (non-hydrogen) atoms. The maximum absolute atomic E-state index is 11.1. The number of carbonyl (C=O) groups is 1. The van der Waals surface area contributed by atoms with Gasteiger partial charge >= 0.3 is 5.97 Å². The van der Waals surface area contributed by atoms with E-state index in [1.54, 1.807) is 6.92 Å². The molecule has 3 nitrogen and oxygen atoms in total. The van der Waals surface area contributed by atoms with Crippen molar-refractivity contribution in [3.05, 3.63) is 12.2 Å². The minimum Gasteiger partial charge on any atom is -0.461 e. The maximum Gasteiger partial charge on any atom is 0.333 e. The monoisotopic (exact) mass is 325 g/mol. The van der Waals surface area contributed by atoms with Gasteiger partial charge in [-0.15, -0.1) is 0 Å². The minimum atomic E-state index is -0.295. The van der Waals surface area contributed by atoms with Gasteiger partial charge in [-0.25, -0.2) is 4.79 Å². The van der Waals surface area contributed by atoms with Crippen LogP contribution in [0.2, 0.25) is 0 Å². The zero-order valence-electron chi connectivity index (χ0n) is 15.8. The summed E-state index contributed by atoms with van der Waals surface area (Å²) in [6, 6.07) is 0. The second kappa shape index (κ2) is 16.0. The summed E-state index contributed by atoms with van der Waals surface area (Å²) in [5.41, 5.74) is 0.463. The van der Waals surface area contributed by atoms with Crippen molar-refractivity contribution in [2.24, 2.45) is 5.92 Å². The Morgan fingerprint density at radius 1 is 0.913 bits per heavy atom. The van der Waals surface area contributed by atoms with E-state index in [0.29, 0.717) is 12.2 Å². The molecule has 1 N–H and O–H groups in total. The van der Waals surface area contributed by atoms with Gasteiger partial charge in [-0.05, 0) is 25.8 Å². The lowest BCUT2D eigenvalue weighted by Gasteiger charge is -2.06. The number of hydrogen-bond donors (Lipinski definition) is 1. The summed E-state index contributed by atoms with van der Waals surface area (Å²) in [6.07, 6.45) is 13.7. The Morgan fingerprint density at radius 2 is 1.43 bits per heavy atom. The number of nitrogens with one attached hydrogen (secondary N) is 1. The van der Waals surface area contributed by atoms with E-state index in [1.165, 1.54) is 64.2 Å². The predicted molar refractivity (Wildman–Crippen MR) is 99.7 cm³/mol. The Morgan fingerprint density at radius 3 is 1.96 bits per heavy atom. The topological polar surface area (TPSA) is 38.3 Å². The number of carbonyl (C=O) groups excluding carboxylic acids is 1. The number of hydrogen-bond acceptors (Lipinski definition) is 3. The Bertz CT molecular complexity index is 300. The van der Waals surface area contributed by atoms with Crippen LogP contribution >= 0.6 is 0 Å². The van der Waals surface area contributed by atoms with E-state index in [-0.39, 0.29) is 5.97 Å². The molecule has 0 amide bonds. The van der Waals surface area contributed by atoms with E-state index >= 15 is 0 Å². The third-order valence-electron chi connectivity index (χ3n) is 4.00. The van der Waals surface area contributed by atoms with Gasteiger partial charge < -0.3 is 10.1 Å². The molecule has 0 aromatic rings. The van der Waals surface area contributed by atoms with Crippen molar-refractivity contribution < 1.29 is 9.53 Å². The predicted octanol–water partition coefficient (Wildman–Crippen LogP) is 5.25. The SMILES string of the molecule is C=C(C)C(=O)OCCNCCCCCCCCCCCC(C)C. The fourth-order valence-corrected chi connectivity index (χ4v) is 2.50. The molecule has 0 heterocycles. The van der Waals surface area contributed by atoms with Crippen LogP contribution in [0.4, 0.5) is 0 Å². The van der Waals surface area contributed by atoms with E-state index in [9.17, 15) is 4.79 Å². The third kappa shape index (κ3) is 17.4. The Labute approximate surface area is 144 Å². The summed E-state index contributed by atoms with van der Waals surface area (Å²) in [6.45, 7) is 12.0. The van der Waals surface area contributed by atoms with Crippen molar-refractivity contribution in [2.45, 2.75) is 85.0 Å². The van der Waals surface area contributed by atoms with Crippen LogP contribution in [0.5, 0.6) is 0 Å². The van der Waals surface area contributed by atoms with E-state index < -0.39 is 0 Å². The molecule has 0 saturated carbocycles. The van der Waals surface area contributed by atoms with Crippen molar-refractivity contribution in [3.63, 3.8) is 0 Å². The van der Waals surface area contributed by atoms with Crippen LogP contribution in [0.15, 0.2) is 12.2 Å². The van der Waals surface area contributed by atoms with Gasteiger partial charge in [-0.3, -0.25) is 0 Å². The highest BCUT2D eigenvalue weighted by Gasteiger charge is 2.01. The highest BCUT2D eigenvalue weighted by molar-refractivity contribution is 5.86. The Hall–Kier alpha value is -0.830. The zero-order valence-corrected chi connectivity index (χ0v) is 15.8. The summed E-state index contributed by atoms with van der Waals surface area (Å²) >= 11 is 0. The molecular weight excluding hydrogens is 286 g/mol. The summed E-state index contributed by atoms with van der Waals surface area (Å²) in [5.74, 6) is 0.567. The molecular formula is C20H39NO2. The number of esters is 1. The molecule has 0 fully saturated rings. The first-order valence-electron chi connectivity index (χ1n) is 9.57. The fourth-order valence-electron chi connectivity index (χ4n) is 2.50. The van der Waals surface area contributed by atoms with E-state index in [0.717, 1.165) is 19.0 Å². The highest BCUT2D eigenvalue weighted by atomic mass is 16.5.